The lowest BCUT2D eigenvalue weighted by atomic mass is 10.1. The molecule has 15 heavy (non-hydrogen) atoms. The van der Waals surface area contributed by atoms with E-state index in [0.29, 0.717) is 0 Å². The number of aliphatic hydroxyl groups is 2. The first kappa shape index (κ1) is 13.8. The fourth-order valence-electron chi connectivity index (χ4n) is 1.22. The van der Waals surface area contributed by atoms with Crippen LogP contribution in [0.4, 0.5) is 0 Å². The molecule has 0 amide bonds. The first-order valence-corrected chi connectivity index (χ1v) is 4.43. The van der Waals surface area contributed by atoms with E-state index in [1.165, 1.54) is 4.90 Å². The van der Waals surface area contributed by atoms with E-state index in [4.69, 9.17) is 20.4 Å². The molecule has 0 saturated heterocycles. The van der Waals surface area contributed by atoms with Gasteiger partial charge in [0.15, 0.2) is 0 Å². The van der Waals surface area contributed by atoms with E-state index in [-0.39, 0.29) is 26.3 Å². The maximum Gasteiger partial charge on any atom is 0.321 e. The summed E-state index contributed by atoms with van der Waals surface area (Å²) >= 11 is 0. The van der Waals surface area contributed by atoms with Crippen LogP contribution in [-0.2, 0) is 9.59 Å². The zero-order valence-corrected chi connectivity index (χ0v) is 8.17. The Morgan fingerprint density at radius 3 is 1.80 bits per heavy atom. The third-order valence-electron chi connectivity index (χ3n) is 1.87. The van der Waals surface area contributed by atoms with Gasteiger partial charge in [0, 0.05) is 13.1 Å². The minimum atomic E-state index is -1.28. The molecule has 88 valence electrons. The van der Waals surface area contributed by atoms with Gasteiger partial charge < -0.3 is 20.4 Å². The Morgan fingerprint density at radius 2 is 1.53 bits per heavy atom. The Bertz CT molecular complexity index is 213. The van der Waals surface area contributed by atoms with Crippen LogP contribution in [0.3, 0.4) is 0 Å². The lowest BCUT2D eigenvalue weighted by molar-refractivity contribution is -0.150. The van der Waals surface area contributed by atoms with Crippen LogP contribution in [0, 0.1) is 0 Å². The van der Waals surface area contributed by atoms with Crippen LogP contribution < -0.4 is 0 Å². The van der Waals surface area contributed by atoms with Crippen molar-refractivity contribution in [3.8, 4) is 0 Å². The molecule has 1 atom stereocenters. The molecule has 0 bridgehead atoms. The molecule has 7 heteroatoms. The van der Waals surface area contributed by atoms with Gasteiger partial charge in [-0.2, -0.15) is 0 Å². The standard InChI is InChI=1S/C8H15NO6/c10-3-1-9(2-4-11)6(8(14)15)5-7(12)13/h6,10-11H,1-5H2,(H,12,13)(H,14,15). The minimum absolute atomic E-state index is 0.0187. The quantitative estimate of drug-likeness (QED) is 0.382. The number of carboxylic acids is 2. The van der Waals surface area contributed by atoms with E-state index in [1.807, 2.05) is 0 Å². The van der Waals surface area contributed by atoms with Crippen LogP contribution in [0.2, 0.25) is 0 Å². The second-order valence-electron chi connectivity index (χ2n) is 2.94. The van der Waals surface area contributed by atoms with Crippen molar-refractivity contribution < 1.29 is 30.0 Å². The van der Waals surface area contributed by atoms with E-state index >= 15 is 0 Å². The SMILES string of the molecule is O=C(O)CC(C(=O)O)N(CCO)CCO. The van der Waals surface area contributed by atoms with Crippen molar-refractivity contribution in [3.63, 3.8) is 0 Å². The van der Waals surface area contributed by atoms with Crippen molar-refractivity contribution in [2.45, 2.75) is 12.5 Å². The summed E-state index contributed by atoms with van der Waals surface area (Å²) in [4.78, 5) is 22.4. The first-order valence-electron chi connectivity index (χ1n) is 4.43. The lowest BCUT2D eigenvalue weighted by Gasteiger charge is -2.26. The molecular formula is C8H15NO6. The summed E-state index contributed by atoms with van der Waals surface area (Å²) < 4.78 is 0. The fraction of sp³-hybridized carbons (Fsp3) is 0.750. The van der Waals surface area contributed by atoms with E-state index in [1.54, 1.807) is 0 Å². The monoisotopic (exact) mass is 221 g/mol. The Morgan fingerprint density at radius 1 is 1.07 bits per heavy atom. The summed E-state index contributed by atoms with van der Waals surface area (Å²) in [5.74, 6) is -2.51. The molecule has 0 aromatic rings. The van der Waals surface area contributed by atoms with Crippen LogP contribution >= 0.6 is 0 Å². The second kappa shape index (κ2) is 7.16. The summed E-state index contributed by atoms with van der Waals surface area (Å²) in [6.07, 6.45) is -0.560. The van der Waals surface area contributed by atoms with Gasteiger partial charge in [-0.15, -0.1) is 0 Å². The topological polar surface area (TPSA) is 118 Å². The van der Waals surface area contributed by atoms with E-state index in [2.05, 4.69) is 0 Å². The number of nitrogens with zero attached hydrogens (tertiary/aromatic N) is 1. The van der Waals surface area contributed by atoms with E-state index in [9.17, 15) is 9.59 Å². The van der Waals surface area contributed by atoms with Crippen molar-refractivity contribution in [2.75, 3.05) is 26.3 Å². The van der Waals surface area contributed by atoms with Gasteiger partial charge >= 0.3 is 11.9 Å². The Labute approximate surface area is 86.6 Å². The fourth-order valence-corrected chi connectivity index (χ4v) is 1.22. The predicted octanol–water partition coefficient (Wildman–Crippen LogP) is -1.80. The third-order valence-corrected chi connectivity index (χ3v) is 1.87. The van der Waals surface area contributed by atoms with Crippen LogP contribution in [0.5, 0.6) is 0 Å². The average Bonchev–Trinajstić information content (AvgIpc) is 2.13. The molecule has 1 unspecified atom stereocenters. The summed E-state index contributed by atoms with van der Waals surface area (Å²) in [6, 6.07) is -1.22. The van der Waals surface area contributed by atoms with Crippen molar-refractivity contribution >= 4 is 11.9 Å². The van der Waals surface area contributed by atoms with Crippen LogP contribution in [-0.4, -0.2) is 69.6 Å². The molecule has 0 spiro atoms. The zero-order valence-electron chi connectivity index (χ0n) is 8.17. The number of carbonyl (C=O) groups is 2. The third kappa shape index (κ3) is 5.31. The summed E-state index contributed by atoms with van der Waals surface area (Å²) in [6.45, 7) is -0.539. The largest absolute Gasteiger partial charge is 0.481 e. The van der Waals surface area contributed by atoms with Gasteiger partial charge in [0.25, 0.3) is 0 Å². The molecule has 0 aromatic carbocycles. The number of carboxylic acid groups (broad SMARTS) is 2. The number of rotatable bonds is 8. The highest BCUT2D eigenvalue weighted by Crippen LogP contribution is 2.04. The normalized spacial score (nSPS) is 12.7. The van der Waals surface area contributed by atoms with Gasteiger partial charge in [0.1, 0.15) is 6.04 Å². The predicted molar refractivity (Wildman–Crippen MR) is 49.4 cm³/mol. The highest BCUT2D eigenvalue weighted by molar-refractivity contribution is 5.80. The first-order chi connectivity index (χ1) is 7.02. The molecule has 4 N–H and O–H groups in total. The Balaban J connectivity index is 4.50. The minimum Gasteiger partial charge on any atom is -0.481 e. The van der Waals surface area contributed by atoms with Gasteiger partial charge in [-0.05, 0) is 0 Å². The van der Waals surface area contributed by atoms with Crippen LogP contribution in [0.1, 0.15) is 6.42 Å². The Hall–Kier alpha value is -1.18. The van der Waals surface area contributed by atoms with Crippen molar-refractivity contribution in [2.24, 2.45) is 0 Å². The highest BCUT2D eigenvalue weighted by Gasteiger charge is 2.27. The van der Waals surface area contributed by atoms with Gasteiger partial charge in [0.05, 0.1) is 19.6 Å². The van der Waals surface area contributed by atoms with Gasteiger partial charge in [-0.25, -0.2) is 0 Å². The highest BCUT2D eigenvalue weighted by atomic mass is 16.4. The molecule has 7 nitrogen and oxygen atoms in total. The van der Waals surface area contributed by atoms with Gasteiger partial charge in [0.2, 0.25) is 0 Å². The van der Waals surface area contributed by atoms with Crippen molar-refractivity contribution in [3.05, 3.63) is 0 Å². The Kier molecular flexibility index (Phi) is 6.59. The number of hydrogen-bond acceptors (Lipinski definition) is 5. The van der Waals surface area contributed by atoms with E-state index in [0.717, 1.165) is 0 Å². The van der Waals surface area contributed by atoms with Crippen molar-refractivity contribution in [1.29, 1.82) is 0 Å². The molecule has 0 saturated carbocycles. The maximum absolute atomic E-state index is 10.8. The number of hydrogen-bond donors (Lipinski definition) is 4. The molecular weight excluding hydrogens is 206 g/mol. The zero-order chi connectivity index (χ0) is 11.8. The average molecular weight is 221 g/mol. The maximum atomic E-state index is 10.8. The van der Waals surface area contributed by atoms with E-state index < -0.39 is 24.4 Å². The molecule has 0 heterocycles. The lowest BCUT2D eigenvalue weighted by Crippen LogP contribution is -2.45. The molecule has 0 fully saturated rings. The molecule has 0 radical (unpaired) electrons. The van der Waals surface area contributed by atoms with Crippen LogP contribution in [0.25, 0.3) is 0 Å². The second-order valence-corrected chi connectivity index (χ2v) is 2.94. The molecule has 0 aliphatic rings. The molecule has 0 aliphatic heterocycles. The number of aliphatic hydroxyl groups excluding tert-OH is 2. The van der Waals surface area contributed by atoms with Gasteiger partial charge in [-0.1, -0.05) is 0 Å². The molecule has 0 rings (SSSR count). The van der Waals surface area contributed by atoms with Crippen molar-refractivity contribution in [1.82, 2.24) is 4.90 Å². The molecule has 0 aliphatic carbocycles. The molecule has 0 aromatic heterocycles. The van der Waals surface area contributed by atoms with Gasteiger partial charge in [-0.3, -0.25) is 14.5 Å². The summed E-state index contributed by atoms with van der Waals surface area (Å²) in [5.41, 5.74) is 0. The van der Waals surface area contributed by atoms with Crippen LogP contribution in [0.15, 0.2) is 0 Å². The summed E-state index contributed by atoms with van der Waals surface area (Å²) in [7, 11) is 0. The summed E-state index contributed by atoms with van der Waals surface area (Å²) in [5, 5.41) is 34.6. The number of aliphatic carboxylic acids is 2. The smallest absolute Gasteiger partial charge is 0.321 e.